The van der Waals surface area contributed by atoms with Gasteiger partial charge in [0.05, 0.1) is 18.8 Å². The van der Waals surface area contributed by atoms with Crippen molar-refractivity contribution < 1.29 is 14.3 Å². The van der Waals surface area contributed by atoms with Crippen molar-refractivity contribution in [2.45, 2.75) is 13.5 Å². The van der Waals surface area contributed by atoms with Crippen LogP contribution in [0, 0.1) is 0 Å². The van der Waals surface area contributed by atoms with Gasteiger partial charge in [0.15, 0.2) is 0 Å². The highest BCUT2D eigenvalue weighted by molar-refractivity contribution is 5.96. The molecule has 6 heteroatoms. The number of rotatable bonds is 7. The monoisotopic (exact) mass is 389 g/mol. The minimum Gasteiger partial charge on any atom is -0.450 e. The molecule has 0 fully saturated rings. The number of anilines is 2. The Morgan fingerprint density at radius 2 is 1.48 bits per heavy atom. The SMILES string of the molecule is CCOC(=O)Nc1ccc(C(=O)NN(Cc2ccccc2)c2ccccc2)cc1. The molecule has 0 atom stereocenters. The highest BCUT2D eigenvalue weighted by Crippen LogP contribution is 2.16. The van der Waals surface area contributed by atoms with E-state index >= 15 is 0 Å². The number of hydrogen-bond donors (Lipinski definition) is 2. The van der Waals surface area contributed by atoms with E-state index in [4.69, 9.17) is 4.74 Å². The first-order valence-electron chi connectivity index (χ1n) is 9.37. The van der Waals surface area contributed by atoms with Crippen LogP contribution in [0.4, 0.5) is 16.2 Å². The summed E-state index contributed by atoms with van der Waals surface area (Å²) >= 11 is 0. The average molecular weight is 389 g/mol. The molecule has 148 valence electrons. The van der Waals surface area contributed by atoms with Crippen molar-refractivity contribution in [3.8, 4) is 0 Å². The Bertz CT molecular complexity index is 929. The van der Waals surface area contributed by atoms with Crippen LogP contribution in [0.1, 0.15) is 22.8 Å². The summed E-state index contributed by atoms with van der Waals surface area (Å²) in [7, 11) is 0. The zero-order valence-corrected chi connectivity index (χ0v) is 16.2. The van der Waals surface area contributed by atoms with E-state index in [0.29, 0.717) is 24.4 Å². The molecule has 2 amide bonds. The third kappa shape index (κ3) is 5.84. The first-order valence-corrected chi connectivity index (χ1v) is 9.37. The predicted molar refractivity (Wildman–Crippen MR) is 114 cm³/mol. The summed E-state index contributed by atoms with van der Waals surface area (Å²) < 4.78 is 4.85. The molecule has 0 unspecified atom stereocenters. The normalized spacial score (nSPS) is 10.1. The van der Waals surface area contributed by atoms with Crippen LogP contribution in [0.5, 0.6) is 0 Å². The maximum absolute atomic E-state index is 12.8. The molecule has 29 heavy (non-hydrogen) atoms. The number of ether oxygens (including phenoxy) is 1. The fourth-order valence-electron chi connectivity index (χ4n) is 2.75. The van der Waals surface area contributed by atoms with Crippen molar-refractivity contribution in [2.24, 2.45) is 0 Å². The fourth-order valence-corrected chi connectivity index (χ4v) is 2.75. The van der Waals surface area contributed by atoms with Gasteiger partial charge in [0.25, 0.3) is 5.91 Å². The van der Waals surface area contributed by atoms with Crippen LogP contribution in [0.3, 0.4) is 0 Å². The number of carbonyl (C=O) groups excluding carboxylic acids is 2. The van der Waals surface area contributed by atoms with Gasteiger partial charge >= 0.3 is 6.09 Å². The lowest BCUT2D eigenvalue weighted by Gasteiger charge is -2.25. The van der Waals surface area contributed by atoms with E-state index in [2.05, 4.69) is 10.7 Å². The first kappa shape index (κ1) is 19.9. The molecule has 3 rings (SSSR count). The molecular weight excluding hydrogens is 366 g/mol. The van der Waals surface area contributed by atoms with Gasteiger partial charge in [0.1, 0.15) is 0 Å². The molecule has 0 bridgehead atoms. The van der Waals surface area contributed by atoms with E-state index in [1.807, 2.05) is 65.7 Å². The van der Waals surface area contributed by atoms with E-state index < -0.39 is 6.09 Å². The fraction of sp³-hybridized carbons (Fsp3) is 0.130. The smallest absolute Gasteiger partial charge is 0.411 e. The number of hydrogen-bond acceptors (Lipinski definition) is 4. The van der Waals surface area contributed by atoms with Gasteiger partial charge < -0.3 is 4.74 Å². The molecule has 3 aromatic carbocycles. The maximum Gasteiger partial charge on any atom is 0.411 e. The molecule has 0 radical (unpaired) electrons. The Kier molecular flexibility index (Phi) is 6.84. The molecule has 0 aliphatic heterocycles. The maximum atomic E-state index is 12.8. The number of amides is 2. The average Bonchev–Trinajstić information content (AvgIpc) is 2.75. The third-order valence-corrected chi connectivity index (χ3v) is 4.16. The summed E-state index contributed by atoms with van der Waals surface area (Å²) in [5, 5.41) is 4.41. The number of para-hydroxylation sites is 1. The molecule has 0 saturated carbocycles. The standard InChI is InChI=1S/C23H23N3O3/c1-2-29-23(28)24-20-15-13-19(14-16-20)22(27)25-26(21-11-7-4-8-12-21)17-18-9-5-3-6-10-18/h3-16H,2,17H2,1H3,(H,24,28)(H,25,27). The Hall–Kier alpha value is -3.80. The molecule has 0 aliphatic rings. The first-order chi connectivity index (χ1) is 14.2. The predicted octanol–water partition coefficient (Wildman–Crippen LogP) is 4.61. The van der Waals surface area contributed by atoms with Gasteiger partial charge in [-0.3, -0.25) is 20.5 Å². The lowest BCUT2D eigenvalue weighted by atomic mass is 10.2. The van der Waals surface area contributed by atoms with Crippen molar-refractivity contribution in [2.75, 3.05) is 16.9 Å². The number of nitrogens with zero attached hydrogens (tertiary/aromatic N) is 1. The van der Waals surface area contributed by atoms with E-state index in [9.17, 15) is 9.59 Å². The number of hydrazine groups is 1. The second kappa shape index (κ2) is 9.94. The van der Waals surface area contributed by atoms with Gasteiger partial charge in [-0.05, 0) is 48.9 Å². The summed E-state index contributed by atoms with van der Waals surface area (Å²) in [5.74, 6) is -0.243. The molecule has 0 spiro atoms. The zero-order chi connectivity index (χ0) is 20.5. The molecular formula is C23H23N3O3. The van der Waals surface area contributed by atoms with Crippen molar-refractivity contribution in [3.05, 3.63) is 96.1 Å². The van der Waals surface area contributed by atoms with Crippen molar-refractivity contribution in [1.82, 2.24) is 5.43 Å². The van der Waals surface area contributed by atoms with Gasteiger partial charge in [-0.2, -0.15) is 0 Å². The molecule has 6 nitrogen and oxygen atoms in total. The quantitative estimate of drug-likeness (QED) is 0.579. The summed E-state index contributed by atoms with van der Waals surface area (Å²) in [6, 6.07) is 26.2. The van der Waals surface area contributed by atoms with E-state index in [0.717, 1.165) is 11.3 Å². The summed E-state index contributed by atoms with van der Waals surface area (Å²) in [5.41, 5.74) is 5.96. The molecule has 3 aromatic rings. The Morgan fingerprint density at radius 1 is 0.862 bits per heavy atom. The van der Waals surface area contributed by atoms with Crippen LogP contribution in [0.2, 0.25) is 0 Å². The highest BCUT2D eigenvalue weighted by Gasteiger charge is 2.13. The van der Waals surface area contributed by atoms with Crippen molar-refractivity contribution in [3.63, 3.8) is 0 Å². The Labute approximate surface area is 170 Å². The van der Waals surface area contributed by atoms with E-state index in [1.54, 1.807) is 31.2 Å². The van der Waals surface area contributed by atoms with Crippen LogP contribution in [-0.4, -0.2) is 18.6 Å². The molecule has 0 saturated heterocycles. The topological polar surface area (TPSA) is 70.7 Å². The van der Waals surface area contributed by atoms with E-state index in [1.165, 1.54) is 0 Å². The van der Waals surface area contributed by atoms with Crippen LogP contribution in [-0.2, 0) is 11.3 Å². The second-order valence-electron chi connectivity index (χ2n) is 6.27. The van der Waals surface area contributed by atoms with Crippen LogP contribution >= 0.6 is 0 Å². The van der Waals surface area contributed by atoms with Crippen molar-refractivity contribution in [1.29, 1.82) is 0 Å². The number of nitrogens with one attached hydrogen (secondary N) is 2. The molecule has 0 aromatic heterocycles. The summed E-state index contributed by atoms with van der Waals surface area (Å²) in [6.45, 7) is 2.56. The Balaban J connectivity index is 1.71. The molecule has 2 N–H and O–H groups in total. The zero-order valence-electron chi connectivity index (χ0n) is 16.2. The summed E-state index contributed by atoms with van der Waals surface area (Å²) in [4.78, 5) is 24.3. The largest absolute Gasteiger partial charge is 0.450 e. The van der Waals surface area contributed by atoms with Crippen LogP contribution in [0.15, 0.2) is 84.9 Å². The molecule has 0 aliphatic carbocycles. The van der Waals surface area contributed by atoms with Gasteiger partial charge in [0.2, 0.25) is 0 Å². The van der Waals surface area contributed by atoms with Gasteiger partial charge in [0, 0.05) is 11.3 Å². The second-order valence-corrected chi connectivity index (χ2v) is 6.27. The number of benzene rings is 3. The molecule has 0 heterocycles. The third-order valence-electron chi connectivity index (χ3n) is 4.16. The lowest BCUT2D eigenvalue weighted by Crippen LogP contribution is -2.42. The highest BCUT2D eigenvalue weighted by atomic mass is 16.5. The minimum absolute atomic E-state index is 0.243. The van der Waals surface area contributed by atoms with Gasteiger partial charge in [-0.1, -0.05) is 48.5 Å². The van der Waals surface area contributed by atoms with Crippen molar-refractivity contribution >= 4 is 23.4 Å². The number of carbonyl (C=O) groups is 2. The van der Waals surface area contributed by atoms with Gasteiger partial charge in [-0.15, -0.1) is 0 Å². The minimum atomic E-state index is -0.525. The van der Waals surface area contributed by atoms with Crippen LogP contribution in [0.25, 0.3) is 0 Å². The Morgan fingerprint density at radius 3 is 2.10 bits per heavy atom. The lowest BCUT2D eigenvalue weighted by molar-refractivity contribution is 0.0948. The van der Waals surface area contributed by atoms with Crippen LogP contribution < -0.4 is 15.8 Å². The van der Waals surface area contributed by atoms with Gasteiger partial charge in [-0.25, -0.2) is 4.79 Å². The summed E-state index contributed by atoms with van der Waals surface area (Å²) in [6.07, 6.45) is -0.525. The van der Waals surface area contributed by atoms with E-state index in [-0.39, 0.29) is 5.91 Å².